The van der Waals surface area contributed by atoms with Crippen molar-refractivity contribution in [1.82, 2.24) is 14.8 Å². The number of hydrogen-bond acceptors (Lipinski definition) is 4. The largest absolute Gasteiger partial charge is 0.491 e. The van der Waals surface area contributed by atoms with Crippen LogP contribution < -0.4 is 4.74 Å². The summed E-state index contributed by atoms with van der Waals surface area (Å²) in [4.78, 5) is 0. The third kappa shape index (κ3) is 3.54. The lowest BCUT2D eigenvalue weighted by atomic mass is 10.3. The molecule has 0 aliphatic carbocycles. The summed E-state index contributed by atoms with van der Waals surface area (Å²) >= 11 is 13.4. The first-order chi connectivity index (χ1) is 8.66. The minimum Gasteiger partial charge on any atom is -0.491 e. The van der Waals surface area contributed by atoms with Crippen LogP contribution in [0, 0.1) is 0 Å². The minimum absolute atomic E-state index is 0.520. The van der Waals surface area contributed by atoms with Gasteiger partial charge in [-0.25, -0.2) is 0 Å². The van der Waals surface area contributed by atoms with Gasteiger partial charge in [-0.1, -0.05) is 35.0 Å². The summed E-state index contributed by atoms with van der Waals surface area (Å²) in [6.07, 6.45) is 1.67. The normalized spacial score (nSPS) is 10.6. The molecule has 1 aromatic heterocycles. The first kappa shape index (κ1) is 13.5. The third-order valence-corrected chi connectivity index (χ3v) is 3.66. The molecule has 0 radical (unpaired) electrons. The van der Waals surface area contributed by atoms with Crippen molar-refractivity contribution >= 4 is 35.0 Å². The van der Waals surface area contributed by atoms with E-state index in [-0.39, 0.29) is 0 Å². The van der Waals surface area contributed by atoms with Gasteiger partial charge in [0.1, 0.15) is 12.1 Å². The molecule has 0 amide bonds. The number of thioether (sulfide) groups is 1. The summed E-state index contributed by atoms with van der Waals surface area (Å²) in [6.45, 7) is 0.541. The molecule has 1 aromatic carbocycles. The molecule has 0 atom stereocenters. The van der Waals surface area contributed by atoms with Crippen molar-refractivity contribution in [2.75, 3.05) is 12.4 Å². The van der Waals surface area contributed by atoms with E-state index in [1.165, 1.54) is 0 Å². The standard InChI is InChI=1S/C11H11Cl2N3OS/c1-16-7-14-15-11(16)18-5-4-17-10-3-2-8(12)6-9(10)13/h2-3,6-7H,4-5H2,1H3. The Morgan fingerprint density at radius 1 is 1.39 bits per heavy atom. The lowest BCUT2D eigenvalue weighted by Crippen LogP contribution is -2.01. The second kappa shape index (κ2) is 6.31. The van der Waals surface area contributed by atoms with Gasteiger partial charge in [-0.3, -0.25) is 0 Å². The molecular formula is C11H11Cl2N3OS. The van der Waals surface area contributed by atoms with Gasteiger partial charge in [0.15, 0.2) is 5.16 Å². The zero-order valence-electron chi connectivity index (χ0n) is 9.64. The maximum absolute atomic E-state index is 5.99. The second-order valence-corrected chi connectivity index (χ2v) is 5.40. The maximum atomic E-state index is 5.99. The number of hydrogen-bond donors (Lipinski definition) is 0. The zero-order chi connectivity index (χ0) is 13.0. The van der Waals surface area contributed by atoms with Crippen LogP contribution in [-0.4, -0.2) is 27.1 Å². The van der Waals surface area contributed by atoms with Gasteiger partial charge in [0.05, 0.1) is 11.6 Å². The Balaban J connectivity index is 1.80. The summed E-state index contributed by atoms with van der Waals surface area (Å²) in [6, 6.07) is 5.17. The van der Waals surface area contributed by atoms with E-state index in [9.17, 15) is 0 Å². The van der Waals surface area contributed by atoms with Crippen molar-refractivity contribution in [3.05, 3.63) is 34.6 Å². The van der Waals surface area contributed by atoms with Gasteiger partial charge in [0, 0.05) is 17.8 Å². The van der Waals surface area contributed by atoms with Crippen molar-refractivity contribution in [3.63, 3.8) is 0 Å². The zero-order valence-corrected chi connectivity index (χ0v) is 12.0. The molecule has 0 saturated carbocycles. The van der Waals surface area contributed by atoms with Crippen LogP contribution in [0.2, 0.25) is 10.0 Å². The van der Waals surface area contributed by atoms with Gasteiger partial charge in [-0.05, 0) is 18.2 Å². The van der Waals surface area contributed by atoms with Crippen LogP contribution in [0.4, 0.5) is 0 Å². The van der Waals surface area contributed by atoms with E-state index in [1.54, 1.807) is 36.3 Å². The molecule has 1 heterocycles. The fourth-order valence-electron chi connectivity index (χ4n) is 1.28. The topological polar surface area (TPSA) is 39.9 Å². The van der Waals surface area contributed by atoms with Gasteiger partial charge < -0.3 is 9.30 Å². The molecule has 96 valence electrons. The molecule has 18 heavy (non-hydrogen) atoms. The fraction of sp³-hybridized carbons (Fsp3) is 0.273. The fourth-order valence-corrected chi connectivity index (χ4v) is 2.45. The molecule has 0 saturated heterocycles. The van der Waals surface area contributed by atoms with Crippen molar-refractivity contribution < 1.29 is 4.74 Å². The summed E-state index contributed by atoms with van der Waals surface area (Å²) in [7, 11) is 1.90. The lowest BCUT2D eigenvalue weighted by molar-refractivity contribution is 0.344. The Bertz CT molecular complexity index is 533. The Morgan fingerprint density at radius 2 is 2.22 bits per heavy atom. The van der Waals surface area contributed by atoms with E-state index in [1.807, 2.05) is 11.6 Å². The second-order valence-electron chi connectivity index (χ2n) is 3.50. The number of halogens is 2. The highest BCUT2D eigenvalue weighted by atomic mass is 35.5. The van der Waals surface area contributed by atoms with E-state index in [0.29, 0.717) is 22.4 Å². The van der Waals surface area contributed by atoms with E-state index in [2.05, 4.69) is 10.2 Å². The summed E-state index contributed by atoms with van der Waals surface area (Å²) in [5.41, 5.74) is 0. The Labute approximate surface area is 119 Å². The minimum atomic E-state index is 0.520. The van der Waals surface area contributed by atoms with Crippen LogP contribution in [0.15, 0.2) is 29.7 Å². The lowest BCUT2D eigenvalue weighted by Gasteiger charge is -2.07. The number of aromatic nitrogens is 3. The number of ether oxygens (including phenoxy) is 1. The Hall–Kier alpha value is -0.910. The van der Waals surface area contributed by atoms with Gasteiger partial charge >= 0.3 is 0 Å². The quantitative estimate of drug-likeness (QED) is 0.628. The van der Waals surface area contributed by atoms with Gasteiger partial charge in [-0.2, -0.15) is 0 Å². The van der Waals surface area contributed by atoms with E-state index in [0.717, 1.165) is 10.9 Å². The predicted molar refractivity (Wildman–Crippen MR) is 73.7 cm³/mol. The summed E-state index contributed by atoms with van der Waals surface area (Å²) < 4.78 is 7.42. The molecule has 2 aromatic rings. The molecule has 0 N–H and O–H groups in total. The summed E-state index contributed by atoms with van der Waals surface area (Å²) in [5.74, 6) is 1.41. The number of rotatable bonds is 5. The van der Waals surface area contributed by atoms with E-state index < -0.39 is 0 Å². The highest BCUT2D eigenvalue weighted by molar-refractivity contribution is 7.99. The van der Waals surface area contributed by atoms with E-state index in [4.69, 9.17) is 27.9 Å². The molecule has 0 aliphatic heterocycles. The molecule has 0 aliphatic rings. The van der Waals surface area contributed by atoms with Crippen LogP contribution >= 0.6 is 35.0 Å². The predicted octanol–water partition coefficient (Wildman–Crippen LogP) is 3.29. The van der Waals surface area contributed by atoms with Crippen LogP contribution in [0.1, 0.15) is 0 Å². The van der Waals surface area contributed by atoms with Crippen molar-refractivity contribution in [2.24, 2.45) is 7.05 Å². The molecule has 0 fully saturated rings. The average molecular weight is 304 g/mol. The van der Waals surface area contributed by atoms with Crippen molar-refractivity contribution in [2.45, 2.75) is 5.16 Å². The molecule has 7 heteroatoms. The number of benzene rings is 1. The molecule has 0 bridgehead atoms. The first-order valence-electron chi connectivity index (χ1n) is 5.21. The number of aryl methyl sites for hydroxylation is 1. The van der Waals surface area contributed by atoms with Gasteiger partial charge in [0.25, 0.3) is 0 Å². The smallest absolute Gasteiger partial charge is 0.190 e. The monoisotopic (exact) mass is 303 g/mol. The van der Waals surface area contributed by atoms with Crippen molar-refractivity contribution in [3.8, 4) is 5.75 Å². The molecule has 0 unspecified atom stereocenters. The molecular weight excluding hydrogens is 293 g/mol. The SMILES string of the molecule is Cn1cnnc1SCCOc1ccc(Cl)cc1Cl. The molecule has 2 rings (SSSR count). The highest BCUT2D eigenvalue weighted by Gasteiger charge is 2.04. The van der Waals surface area contributed by atoms with E-state index >= 15 is 0 Å². The van der Waals surface area contributed by atoms with Crippen LogP contribution in [-0.2, 0) is 7.05 Å². The van der Waals surface area contributed by atoms with Gasteiger partial charge in [0.2, 0.25) is 0 Å². The molecule has 4 nitrogen and oxygen atoms in total. The Morgan fingerprint density at radius 3 is 2.89 bits per heavy atom. The van der Waals surface area contributed by atoms with Gasteiger partial charge in [-0.15, -0.1) is 10.2 Å². The maximum Gasteiger partial charge on any atom is 0.190 e. The van der Waals surface area contributed by atoms with Crippen LogP contribution in [0.3, 0.4) is 0 Å². The van der Waals surface area contributed by atoms with Crippen LogP contribution in [0.25, 0.3) is 0 Å². The van der Waals surface area contributed by atoms with Crippen LogP contribution in [0.5, 0.6) is 5.75 Å². The number of nitrogens with zero attached hydrogens (tertiary/aromatic N) is 3. The average Bonchev–Trinajstić information content (AvgIpc) is 2.73. The van der Waals surface area contributed by atoms with Crippen molar-refractivity contribution in [1.29, 1.82) is 0 Å². The Kier molecular flexibility index (Phi) is 4.74. The first-order valence-corrected chi connectivity index (χ1v) is 6.95. The molecule has 0 spiro atoms. The third-order valence-electron chi connectivity index (χ3n) is 2.14. The summed E-state index contributed by atoms with van der Waals surface area (Å²) in [5, 5.41) is 9.74. The highest BCUT2D eigenvalue weighted by Crippen LogP contribution is 2.27.